The zero-order valence-electron chi connectivity index (χ0n) is 16.1. The number of benzene rings is 2. The number of rotatable bonds is 7. The molecule has 154 valence electrons. The van der Waals surface area contributed by atoms with Crippen LogP contribution in [0.1, 0.15) is 29.0 Å². The van der Waals surface area contributed by atoms with E-state index in [1.165, 1.54) is 37.4 Å². The number of non-ortho nitro benzene ring substituents is 1. The van der Waals surface area contributed by atoms with Gasteiger partial charge in [-0.05, 0) is 32.0 Å². The minimum atomic E-state index is -1.16. The van der Waals surface area contributed by atoms with Crippen LogP contribution >= 0.6 is 0 Å². The van der Waals surface area contributed by atoms with Crippen molar-refractivity contribution in [3.05, 3.63) is 76.1 Å². The van der Waals surface area contributed by atoms with Crippen LogP contribution in [0.4, 0.5) is 11.4 Å². The van der Waals surface area contributed by atoms with Crippen molar-refractivity contribution in [1.29, 1.82) is 0 Å². The van der Waals surface area contributed by atoms with Crippen LogP contribution < -0.4 is 10.1 Å². The summed E-state index contributed by atoms with van der Waals surface area (Å²) in [4.78, 5) is 34.5. The van der Waals surface area contributed by atoms with E-state index in [4.69, 9.17) is 9.84 Å². The molecule has 1 heterocycles. The van der Waals surface area contributed by atoms with Crippen LogP contribution in [0.25, 0.3) is 0 Å². The van der Waals surface area contributed by atoms with Gasteiger partial charge in [-0.15, -0.1) is 0 Å². The lowest BCUT2D eigenvalue weighted by Crippen LogP contribution is -2.24. The van der Waals surface area contributed by atoms with Crippen LogP contribution in [0.2, 0.25) is 0 Å². The Balaban J connectivity index is 1.88. The van der Waals surface area contributed by atoms with Gasteiger partial charge in [0.1, 0.15) is 23.2 Å². The lowest BCUT2D eigenvalue weighted by Gasteiger charge is -2.12. The highest BCUT2D eigenvalue weighted by Crippen LogP contribution is 2.30. The molecule has 0 saturated heterocycles. The summed E-state index contributed by atoms with van der Waals surface area (Å²) in [5.41, 5.74) is 0.869. The fraction of sp³-hybridized carbons (Fsp3) is 0.150. The number of nitrogens with one attached hydrogen (secondary N) is 1. The summed E-state index contributed by atoms with van der Waals surface area (Å²) in [6.45, 7) is 3.30. The molecule has 2 N–H and O–H groups in total. The van der Waals surface area contributed by atoms with Crippen LogP contribution in [0.3, 0.4) is 0 Å². The van der Waals surface area contributed by atoms with Gasteiger partial charge in [0.05, 0.1) is 16.7 Å². The second kappa shape index (κ2) is 8.43. The number of aryl methyl sites for hydroxylation is 1. The van der Waals surface area contributed by atoms with Crippen molar-refractivity contribution in [2.24, 2.45) is 0 Å². The first kappa shape index (κ1) is 20.5. The Hall–Kier alpha value is -4.21. The number of nitrogens with zero attached hydrogens (tertiary/aromatic N) is 3. The fourth-order valence-corrected chi connectivity index (χ4v) is 2.66. The molecule has 0 saturated carbocycles. The van der Waals surface area contributed by atoms with E-state index in [1.807, 2.05) is 19.1 Å². The molecule has 0 fully saturated rings. The van der Waals surface area contributed by atoms with E-state index in [2.05, 4.69) is 10.4 Å². The maximum absolute atomic E-state index is 12.6. The maximum Gasteiger partial charge on any atom is 0.328 e. The van der Waals surface area contributed by atoms with E-state index in [0.717, 1.165) is 10.2 Å². The molecule has 0 aliphatic rings. The average Bonchev–Trinajstić information content (AvgIpc) is 3.18. The van der Waals surface area contributed by atoms with Crippen molar-refractivity contribution in [3.8, 4) is 11.5 Å². The number of ether oxygens (including phenoxy) is 1. The summed E-state index contributed by atoms with van der Waals surface area (Å²) in [5, 5.41) is 26.9. The second-order valence-corrected chi connectivity index (χ2v) is 6.52. The summed E-state index contributed by atoms with van der Waals surface area (Å²) in [6, 6.07) is 11.3. The number of hydrogen-bond acceptors (Lipinski definition) is 6. The lowest BCUT2D eigenvalue weighted by molar-refractivity contribution is -0.384. The number of nitro benzene ring substituents is 1. The van der Waals surface area contributed by atoms with Crippen molar-refractivity contribution in [2.75, 3.05) is 5.32 Å². The first-order valence-corrected chi connectivity index (χ1v) is 8.86. The number of aliphatic carboxylic acids is 1. The normalized spacial score (nSPS) is 11.5. The number of carbonyl (C=O) groups excluding carboxylic acids is 1. The molecule has 1 atom stereocenters. The number of anilines is 1. The van der Waals surface area contributed by atoms with Gasteiger partial charge in [-0.25, -0.2) is 9.48 Å². The number of carbonyl (C=O) groups is 2. The third-order valence-corrected chi connectivity index (χ3v) is 4.24. The molecule has 0 bridgehead atoms. The molecule has 30 heavy (non-hydrogen) atoms. The highest BCUT2D eigenvalue weighted by Gasteiger charge is 2.22. The first-order chi connectivity index (χ1) is 14.2. The molecule has 0 aliphatic carbocycles. The van der Waals surface area contributed by atoms with E-state index >= 15 is 0 Å². The minimum Gasteiger partial charge on any atom is -0.480 e. The fourth-order valence-electron chi connectivity index (χ4n) is 2.66. The van der Waals surface area contributed by atoms with Crippen LogP contribution in [0, 0.1) is 17.0 Å². The Bertz CT molecular complexity index is 1110. The van der Waals surface area contributed by atoms with Crippen molar-refractivity contribution < 1.29 is 24.4 Å². The standard InChI is InChI=1S/C20H18N4O6/c1-12-3-5-16(6-4-12)30-17-10-14(9-15(11-17)24(28)29)22-19(25)18-7-8-21-23(18)13(2)20(26)27/h3-11,13H,1-2H3,(H,22,25)(H,26,27). The summed E-state index contributed by atoms with van der Waals surface area (Å²) < 4.78 is 6.73. The minimum absolute atomic E-state index is 0.00240. The number of aromatic nitrogens is 2. The molecule has 1 unspecified atom stereocenters. The van der Waals surface area contributed by atoms with Crippen molar-refractivity contribution in [2.45, 2.75) is 19.9 Å². The predicted molar refractivity (Wildman–Crippen MR) is 107 cm³/mol. The Morgan fingerprint density at radius 3 is 2.50 bits per heavy atom. The summed E-state index contributed by atoms with van der Waals surface area (Å²) in [5.74, 6) is -1.18. The topological polar surface area (TPSA) is 137 Å². The molecule has 0 aliphatic heterocycles. The van der Waals surface area contributed by atoms with Crippen LogP contribution in [0.15, 0.2) is 54.7 Å². The molecule has 10 heteroatoms. The van der Waals surface area contributed by atoms with E-state index < -0.39 is 22.8 Å². The molecule has 2 aromatic carbocycles. The zero-order valence-corrected chi connectivity index (χ0v) is 16.1. The molecule has 0 radical (unpaired) electrons. The van der Waals surface area contributed by atoms with Gasteiger partial charge in [0, 0.05) is 18.3 Å². The molecule has 1 aromatic heterocycles. The monoisotopic (exact) mass is 410 g/mol. The third kappa shape index (κ3) is 4.61. The van der Waals surface area contributed by atoms with Gasteiger partial charge < -0.3 is 15.2 Å². The molecule has 10 nitrogen and oxygen atoms in total. The Morgan fingerprint density at radius 2 is 1.87 bits per heavy atom. The Kier molecular flexibility index (Phi) is 5.77. The van der Waals surface area contributed by atoms with E-state index in [9.17, 15) is 19.7 Å². The summed E-state index contributed by atoms with van der Waals surface area (Å²) in [6.07, 6.45) is 1.30. The van der Waals surface area contributed by atoms with E-state index in [0.29, 0.717) is 5.75 Å². The van der Waals surface area contributed by atoms with Crippen molar-refractivity contribution in [3.63, 3.8) is 0 Å². The molecule has 3 rings (SSSR count). The molecular weight excluding hydrogens is 392 g/mol. The number of carboxylic acid groups (broad SMARTS) is 1. The number of amides is 1. The van der Waals surface area contributed by atoms with E-state index in [-0.39, 0.29) is 22.8 Å². The Labute approximate surface area is 170 Å². The zero-order chi connectivity index (χ0) is 21.8. The highest BCUT2D eigenvalue weighted by molar-refractivity contribution is 6.03. The molecule has 1 amide bonds. The summed E-state index contributed by atoms with van der Waals surface area (Å²) >= 11 is 0. The molecule has 3 aromatic rings. The highest BCUT2D eigenvalue weighted by atomic mass is 16.6. The average molecular weight is 410 g/mol. The first-order valence-electron chi connectivity index (χ1n) is 8.86. The van der Waals surface area contributed by atoms with Gasteiger partial charge in [0.15, 0.2) is 0 Å². The largest absolute Gasteiger partial charge is 0.480 e. The predicted octanol–water partition coefficient (Wildman–Crippen LogP) is 3.79. The van der Waals surface area contributed by atoms with Crippen LogP contribution in [-0.2, 0) is 4.79 Å². The van der Waals surface area contributed by atoms with Gasteiger partial charge >= 0.3 is 5.97 Å². The van der Waals surface area contributed by atoms with Crippen LogP contribution in [-0.4, -0.2) is 31.7 Å². The smallest absolute Gasteiger partial charge is 0.328 e. The second-order valence-electron chi connectivity index (χ2n) is 6.52. The lowest BCUT2D eigenvalue weighted by atomic mass is 10.2. The maximum atomic E-state index is 12.6. The third-order valence-electron chi connectivity index (χ3n) is 4.24. The van der Waals surface area contributed by atoms with Crippen molar-refractivity contribution >= 4 is 23.3 Å². The van der Waals surface area contributed by atoms with Gasteiger partial charge in [0.2, 0.25) is 0 Å². The number of nitro groups is 1. The number of carboxylic acids is 1. The van der Waals surface area contributed by atoms with Gasteiger partial charge in [-0.1, -0.05) is 17.7 Å². The molecular formula is C20H18N4O6. The van der Waals surface area contributed by atoms with E-state index in [1.54, 1.807) is 12.1 Å². The van der Waals surface area contributed by atoms with Gasteiger partial charge in [0.25, 0.3) is 11.6 Å². The van der Waals surface area contributed by atoms with Crippen LogP contribution in [0.5, 0.6) is 11.5 Å². The molecule has 0 spiro atoms. The quantitative estimate of drug-likeness (QED) is 0.446. The van der Waals surface area contributed by atoms with Gasteiger partial charge in [-0.2, -0.15) is 5.10 Å². The summed E-state index contributed by atoms with van der Waals surface area (Å²) in [7, 11) is 0. The Morgan fingerprint density at radius 1 is 1.17 bits per heavy atom. The van der Waals surface area contributed by atoms with Gasteiger partial charge in [-0.3, -0.25) is 14.9 Å². The SMILES string of the molecule is Cc1ccc(Oc2cc(NC(=O)c3ccnn3C(C)C(=O)O)cc([N+](=O)[O-])c2)cc1. The number of hydrogen-bond donors (Lipinski definition) is 2. The van der Waals surface area contributed by atoms with Crippen molar-refractivity contribution in [1.82, 2.24) is 9.78 Å².